The fraction of sp³-hybridized carbons (Fsp3) is 0.259. The van der Waals surface area contributed by atoms with Gasteiger partial charge in [-0.1, -0.05) is 26.2 Å². The molecule has 33 heavy (non-hydrogen) atoms. The van der Waals surface area contributed by atoms with Gasteiger partial charge in [-0.05, 0) is 67.1 Å². The number of methoxy groups -OCH3 is 1. The van der Waals surface area contributed by atoms with E-state index >= 15 is 0 Å². The third kappa shape index (κ3) is 7.38. The number of phenolic OH excluding ortho intramolecular Hbond substituents is 1. The van der Waals surface area contributed by atoms with E-state index in [1.54, 1.807) is 61.9 Å². The molecule has 3 aromatic carbocycles. The van der Waals surface area contributed by atoms with Crippen LogP contribution in [0.4, 0.5) is 5.69 Å². The molecule has 0 fully saturated rings. The van der Waals surface area contributed by atoms with Crippen molar-refractivity contribution in [1.82, 2.24) is 0 Å². The Morgan fingerprint density at radius 1 is 0.909 bits per heavy atom. The maximum Gasteiger partial charge on any atom is 0.343 e. The number of ether oxygens (including phenoxy) is 3. The molecule has 0 aliphatic carbocycles. The molecular formula is C27H29NO5. The van der Waals surface area contributed by atoms with Crippen molar-refractivity contribution in [3.8, 4) is 23.0 Å². The molecule has 0 spiro atoms. The second kappa shape index (κ2) is 12.3. The predicted molar refractivity (Wildman–Crippen MR) is 129 cm³/mol. The Bertz CT molecular complexity index is 1060. The summed E-state index contributed by atoms with van der Waals surface area (Å²) in [6.07, 6.45) is 6.11. The van der Waals surface area contributed by atoms with Gasteiger partial charge in [0.15, 0.2) is 0 Å². The summed E-state index contributed by atoms with van der Waals surface area (Å²) in [6.45, 7) is 2.84. The van der Waals surface area contributed by atoms with Crippen LogP contribution in [-0.2, 0) is 0 Å². The molecule has 0 saturated carbocycles. The number of benzene rings is 3. The van der Waals surface area contributed by atoms with Crippen molar-refractivity contribution in [2.24, 2.45) is 4.99 Å². The second-order valence-electron chi connectivity index (χ2n) is 7.50. The zero-order chi connectivity index (χ0) is 23.5. The number of esters is 1. The quantitative estimate of drug-likeness (QED) is 0.161. The first kappa shape index (κ1) is 23.9. The molecule has 0 unspecified atom stereocenters. The fourth-order valence-electron chi connectivity index (χ4n) is 3.08. The Hall–Kier alpha value is -3.80. The minimum absolute atomic E-state index is 0.0376. The number of aromatic hydroxyl groups is 1. The van der Waals surface area contributed by atoms with Crippen molar-refractivity contribution >= 4 is 17.9 Å². The van der Waals surface area contributed by atoms with Crippen LogP contribution in [0.5, 0.6) is 23.0 Å². The van der Waals surface area contributed by atoms with Crippen LogP contribution >= 0.6 is 0 Å². The highest BCUT2D eigenvalue weighted by atomic mass is 16.5. The topological polar surface area (TPSA) is 77.4 Å². The van der Waals surface area contributed by atoms with E-state index in [4.69, 9.17) is 14.2 Å². The third-order valence-corrected chi connectivity index (χ3v) is 4.99. The van der Waals surface area contributed by atoms with Crippen molar-refractivity contribution < 1.29 is 24.1 Å². The molecule has 1 N–H and O–H groups in total. The standard InChI is InChI=1S/C27H29NO5/c1-3-4-5-6-17-32-24-12-7-20(8-13-24)27(30)33-25-14-9-21(26(29)18-25)19-28-22-10-15-23(31-2)16-11-22/h7-16,18-19,29H,3-6,17H2,1-2H3. The van der Waals surface area contributed by atoms with Crippen LogP contribution in [0.1, 0.15) is 48.5 Å². The molecule has 3 rings (SSSR count). The Morgan fingerprint density at radius 3 is 2.27 bits per heavy atom. The minimum Gasteiger partial charge on any atom is -0.507 e. The number of carbonyl (C=O) groups excluding carboxylic acids is 1. The van der Waals surface area contributed by atoms with Gasteiger partial charge in [0.2, 0.25) is 0 Å². The number of unbranched alkanes of at least 4 members (excludes halogenated alkanes) is 3. The first-order valence-corrected chi connectivity index (χ1v) is 11.0. The zero-order valence-corrected chi connectivity index (χ0v) is 19.0. The summed E-state index contributed by atoms with van der Waals surface area (Å²) in [6, 6.07) is 18.7. The van der Waals surface area contributed by atoms with Crippen molar-refractivity contribution in [3.05, 3.63) is 77.9 Å². The molecule has 0 radical (unpaired) electrons. The number of carbonyl (C=O) groups is 1. The van der Waals surface area contributed by atoms with Crippen LogP contribution in [-0.4, -0.2) is 31.0 Å². The second-order valence-corrected chi connectivity index (χ2v) is 7.50. The molecule has 0 aliphatic heterocycles. The summed E-state index contributed by atoms with van der Waals surface area (Å²) in [5, 5.41) is 10.3. The lowest BCUT2D eigenvalue weighted by Crippen LogP contribution is -2.08. The zero-order valence-electron chi connectivity index (χ0n) is 19.0. The van der Waals surface area contributed by atoms with Gasteiger partial charge in [0.1, 0.15) is 23.0 Å². The maximum absolute atomic E-state index is 12.4. The number of hydrogen-bond acceptors (Lipinski definition) is 6. The van der Waals surface area contributed by atoms with Gasteiger partial charge in [0.05, 0.1) is 25.0 Å². The van der Waals surface area contributed by atoms with E-state index in [9.17, 15) is 9.90 Å². The lowest BCUT2D eigenvalue weighted by molar-refractivity contribution is 0.0734. The summed E-state index contributed by atoms with van der Waals surface area (Å²) in [5.41, 5.74) is 1.63. The van der Waals surface area contributed by atoms with Gasteiger partial charge in [-0.2, -0.15) is 0 Å². The normalized spacial score (nSPS) is 10.8. The minimum atomic E-state index is -0.511. The van der Waals surface area contributed by atoms with Crippen molar-refractivity contribution in [2.75, 3.05) is 13.7 Å². The molecule has 0 aliphatic rings. The third-order valence-electron chi connectivity index (χ3n) is 4.99. The average Bonchev–Trinajstić information content (AvgIpc) is 2.84. The lowest BCUT2D eigenvalue weighted by atomic mass is 10.2. The van der Waals surface area contributed by atoms with Crippen molar-refractivity contribution in [1.29, 1.82) is 0 Å². The lowest BCUT2D eigenvalue weighted by Gasteiger charge is -2.08. The molecule has 0 saturated heterocycles. The molecule has 0 bridgehead atoms. The molecule has 6 nitrogen and oxygen atoms in total. The molecular weight excluding hydrogens is 418 g/mol. The van der Waals surface area contributed by atoms with Gasteiger partial charge in [0, 0.05) is 17.8 Å². The van der Waals surface area contributed by atoms with E-state index in [1.165, 1.54) is 18.9 Å². The smallest absolute Gasteiger partial charge is 0.343 e. The first-order valence-electron chi connectivity index (χ1n) is 11.0. The molecule has 6 heteroatoms. The van der Waals surface area contributed by atoms with E-state index in [0.29, 0.717) is 17.7 Å². The number of aliphatic imine (C=N–C) groups is 1. The van der Waals surface area contributed by atoms with Gasteiger partial charge in [-0.3, -0.25) is 4.99 Å². The van der Waals surface area contributed by atoms with Gasteiger partial charge in [-0.15, -0.1) is 0 Å². The van der Waals surface area contributed by atoms with Gasteiger partial charge in [-0.25, -0.2) is 4.79 Å². The van der Waals surface area contributed by atoms with E-state index in [2.05, 4.69) is 11.9 Å². The largest absolute Gasteiger partial charge is 0.507 e. The highest BCUT2D eigenvalue weighted by Crippen LogP contribution is 2.25. The molecule has 0 amide bonds. The number of nitrogens with zero attached hydrogens (tertiary/aromatic N) is 1. The van der Waals surface area contributed by atoms with E-state index in [1.807, 2.05) is 12.1 Å². The fourth-order valence-corrected chi connectivity index (χ4v) is 3.08. The summed E-state index contributed by atoms with van der Waals surface area (Å²) >= 11 is 0. The first-order chi connectivity index (χ1) is 16.1. The molecule has 0 atom stereocenters. The summed E-state index contributed by atoms with van der Waals surface area (Å²) in [5.74, 6) is 1.16. The van der Waals surface area contributed by atoms with E-state index in [0.717, 1.165) is 30.0 Å². The van der Waals surface area contributed by atoms with Crippen LogP contribution in [0.2, 0.25) is 0 Å². The molecule has 0 heterocycles. The van der Waals surface area contributed by atoms with Crippen LogP contribution in [0.25, 0.3) is 0 Å². The summed E-state index contributed by atoms with van der Waals surface area (Å²) in [4.78, 5) is 16.8. The predicted octanol–water partition coefficient (Wildman–Crippen LogP) is 6.33. The molecule has 3 aromatic rings. The maximum atomic E-state index is 12.4. The number of rotatable bonds is 11. The van der Waals surface area contributed by atoms with Crippen LogP contribution in [0.3, 0.4) is 0 Å². The van der Waals surface area contributed by atoms with Gasteiger partial charge >= 0.3 is 5.97 Å². The van der Waals surface area contributed by atoms with Gasteiger partial charge in [0.25, 0.3) is 0 Å². The monoisotopic (exact) mass is 447 g/mol. The Kier molecular flexibility index (Phi) is 8.88. The Morgan fingerprint density at radius 2 is 1.61 bits per heavy atom. The highest BCUT2D eigenvalue weighted by molar-refractivity contribution is 5.91. The van der Waals surface area contributed by atoms with Gasteiger partial charge < -0.3 is 19.3 Å². The molecule has 0 aromatic heterocycles. The summed E-state index contributed by atoms with van der Waals surface area (Å²) < 4.78 is 16.2. The highest BCUT2D eigenvalue weighted by Gasteiger charge is 2.10. The average molecular weight is 448 g/mol. The van der Waals surface area contributed by atoms with E-state index in [-0.39, 0.29) is 11.5 Å². The summed E-state index contributed by atoms with van der Waals surface area (Å²) in [7, 11) is 1.60. The SMILES string of the molecule is CCCCCCOc1ccc(C(=O)Oc2ccc(C=Nc3ccc(OC)cc3)c(O)c2)cc1. The number of phenols is 1. The Balaban J connectivity index is 1.55. The van der Waals surface area contributed by atoms with Crippen LogP contribution < -0.4 is 14.2 Å². The van der Waals surface area contributed by atoms with Crippen molar-refractivity contribution in [2.45, 2.75) is 32.6 Å². The van der Waals surface area contributed by atoms with E-state index < -0.39 is 5.97 Å². The number of hydrogen-bond donors (Lipinski definition) is 1. The van der Waals surface area contributed by atoms with Crippen LogP contribution in [0.15, 0.2) is 71.7 Å². The van der Waals surface area contributed by atoms with Crippen LogP contribution in [0, 0.1) is 0 Å². The van der Waals surface area contributed by atoms with Crippen molar-refractivity contribution in [3.63, 3.8) is 0 Å². The molecule has 172 valence electrons. The Labute approximate surface area is 194 Å².